The van der Waals surface area contributed by atoms with Crippen molar-refractivity contribution in [3.05, 3.63) is 39.7 Å². The Morgan fingerprint density at radius 2 is 2.08 bits per heavy atom. The Balaban J connectivity index is 2.31. The van der Waals surface area contributed by atoms with Crippen LogP contribution in [-0.2, 0) is 16.1 Å². The molecule has 7 nitrogen and oxygen atoms in total. The number of carbonyl (C=O) groups is 1. The molecule has 0 radical (unpaired) electrons. The summed E-state index contributed by atoms with van der Waals surface area (Å²) in [6.45, 7) is 8.03. The number of amides is 1. The third-order valence-electron chi connectivity index (χ3n) is 3.21. The monoisotopic (exact) mass is 356 g/mol. The maximum atomic E-state index is 13.6. The molecule has 1 unspecified atom stereocenters. The minimum Gasteiger partial charge on any atom is -0.444 e. The van der Waals surface area contributed by atoms with E-state index in [-0.39, 0.29) is 23.8 Å². The van der Waals surface area contributed by atoms with Crippen LogP contribution in [0.4, 0.5) is 14.9 Å². The fourth-order valence-corrected chi connectivity index (χ4v) is 1.97. The number of nitrogens with zero attached hydrogens (tertiary/aromatic N) is 1. The molecular formula is C17H25FN2O5. The van der Waals surface area contributed by atoms with Crippen LogP contribution in [0.15, 0.2) is 18.2 Å². The van der Waals surface area contributed by atoms with Crippen molar-refractivity contribution in [2.75, 3.05) is 13.2 Å². The largest absolute Gasteiger partial charge is 0.444 e. The van der Waals surface area contributed by atoms with Crippen LogP contribution < -0.4 is 5.32 Å². The number of alkyl carbamates (subject to hydrolysis) is 1. The minimum atomic E-state index is -0.575. The van der Waals surface area contributed by atoms with Crippen LogP contribution in [0, 0.1) is 21.8 Å². The third kappa shape index (κ3) is 8.44. The zero-order valence-electron chi connectivity index (χ0n) is 15.0. The maximum absolute atomic E-state index is 13.6. The number of rotatable bonds is 8. The van der Waals surface area contributed by atoms with Crippen LogP contribution in [0.25, 0.3) is 0 Å². The van der Waals surface area contributed by atoms with Crippen LogP contribution in [0.3, 0.4) is 0 Å². The van der Waals surface area contributed by atoms with Crippen molar-refractivity contribution in [1.29, 1.82) is 0 Å². The number of nitrogens with one attached hydrogen (secondary N) is 1. The Kier molecular flexibility index (Phi) is 7.76. The SMILES string of the molecule is CC(CCNC(=O)OC(C)(C)C)COCc1cc([N+](=O)[O-])ccc1F. The molecule has 1 amide bonds. The van der Waals surface area contributed by atoms with E-state index in [4.69, 9.17) is 9.47 Å². The van der Waals surface area contributed by atoms with E-state index in [2.05, 4.69) is 5.32 Å². The molecule has 0 aliphatic carbocycles. The number of ether oxygens (including phenoxy) is 2. The van der Waals surface area contributed by atoms with Gasteiger partial charge in [0.15, 0.2) is 0 Å². The molecule has 1 aromatic rings. The van der Waals surface area contributed by atoms with Gasteiger partial charge in [-0.15, -0.1) is 0 Å². The van der Waals surface area contributed by atoms with E-state index in [0.29, 0.717) is 19.6 Å². The van der Waals surface area contributed by atoms with Crippen molar-refractivity contribution in [3.8, 4) is 0 Å². The second kappa shape index (κ2) is 9.31. The molecule has 0 aliphatic heterocycles. The highest BCUT2D eigenvalue weighted by atomic mass is 19.1. The second-order valence-electron chi connectivity index (χ2n) is 6.87. The number of non-ortho nitro benzene ring substituents is 1. The van der Waals surface area contributed by atoms with Gasteiger partial charge in [-0.25, -0.2) is 9.18 Å². The predicted molar refractivity (Wildman–Crippen MR) is 90.7 cm³/mol. The lowest BCUT2D eigenvalue weighted by molar-refractivity contribution is -0.385. The van der Waals surface area contributed by atoms with Gasteiger partial charge in [0.2, 0.25) is 0 Å². The van der Waals surface area contributed by atoms with Crippen molar-refractivity contribution in [1.82, 2.24) is 5.32 Å². The zero-order valence-corrected chi connectivity index (χ0v) is 15.0. The summed E-state index contributed by atoms with van der Waals surface area (Å²) in [6.07, 6.45) is 0.190. The number of hydrogen-bond acceptors (Lipinski definition) is 5. The van der Waals surface area contributed by atoms with Crippen LogP contribution in [0.2, 0.25) is 0 Å². The first kappa shape index (κ1) is 20.8. The Labute approximate surface area is 146 Å². The smallest absolute Gasteiger partial charge is 0.407 e. The van der Waals surface area contributed by atoms with Crippen LogP contribution in [0.1, 0.15) is 39.7 Å². The highest BCUT2D eigenvalue weighted by Gasteiger charge is 2.16. The highest BCUT2D eigenvalue weighted by Crippen LogP contribution is 2.18. The van der Waals surface area contributed by atoms with Gasteiger partial charge in [-0.05, 0) is 39.2 Å². The third-order valence-corrected chi connectivity index (χ3v) is 3.21. The molecule has 0 aliphatic rings. The van der Waals surface area contributed by atoms with Gasteiger partial charge in [-0.3, -0.25) is 10.1 Å². The molecular weight excluding hydrogens is 331 g/mol. The van der Waals surface area contributed by atoms with Crippen LogP contribution >= 0.6 is 0 Å². The second-order valence-corrected chi connectivity index (χ2v) is 6.87. The van der Waals surface area contributed by atoms with E-state index in [1.165, 1.54) is 6.07 Å². The van der Waals surface area contributed by atoms with E-state index in [1.807, 2.05) is 6.92 Å². The van der Waals surface area contributed by atoms with Gasteiger partial charge in [0.05, 0.1) is 11.5 Å². The molecule has 140 valence electrons. The fourth-order valence-electron chi connectivity index (χ4n) is 1.97. The molecule has 0 saturated heterocycles. The van der Waals surface area contributed by atoms with Crippen LogP contribution in [0.5, 0.6) is 0 Å². The van der Waals surface area contributed by atoms with Gasteiger partial charge >= 0.3 is 6.09 Å². The van der Waals surface area contributed by atoms with Gasteiger partial charge < -0.3 is 14.8 Å². The van der Waals surface area contributed by atoms with E-state index >= 15 is 0 Å². The molecule has 25 heavy (non-hydrogen) atoms. The standard InChI is InChI=1S/C17H25FN2O5/c1-12(7-8-19-16(21)25-17(2,3)4)10-24-11-13-9-14(20(22)23)5-6-15(13)18/h5-6,9,12H,7-8,10-11H2,1-4H3,(H,19,21). The summed E-state index contributed by atoms with van der Waals surface area (Å²) in [5.41, 5.74) is -0.566. The average Bonchev–Trinajstić information content (AvgIpc) is 2.47. The van der Waals surface area contributed by atoms with E-state index < -0.39 is 22.4 Å². The van der Waals surface area contributed by atoms with Gasteiger partial charge in [0.1, 0.15) is 11.4 Å². The first-order chi connectivity index (χ1) is 11.6. The van der Waals surface area contributed by atoms with E-state index in [0.717, 1.165) is 12.1 Å². The summed E-state index contributed by atoms with van der Waals surface area (Å²) in [5, 5.41) is 13.4. The Bertz CT molecular complexity index is 601. The number of nitro groups is 1. The summed E-state index contributed by atoms with van der Waals surface area (Å²) in [4.78, 5) is 21.6. The molecule has 0 heterocycles. The quantitative estimate of drug-likeness (QED) is 0.565. The number of hydrogen-bond donors (Lipinski definition) is 1. The predicted octanol–water partition coefficient (Wildman–Crippen LogP) is 3.80. The molecule has 0 bridgehead atoms. The summed E-state index contributed by atoms with van der Waals surface area (Å²) >= 11 is 0. The normalized spacial score (nSPS) is 12.5. The number of nitro benzene ring substituents is 1. The molecule has 0 fully saturated rings. The van der Waals surface area contributed by atoms with Gasteiger partial charge in [-0.2, -0.15) is 0 Å². The molecule has 1 N–H and O–H groups in total. The molecule has 1 rings (SSSR count). The molecule has 0 saturated carbocycles. The van der Waals surface area contributed by atoms with Gasteiger partial charge in [0, 0.05) is 30.8 Å². The van der Waals surface area contributed by atoms with Crippen molar-refractivity contribution in [2.45, 2.75) is 46.3 Å². The topological polar surface area (TPSA) is 90.7 Å². The fraction of sp³-hybridized carbons (Fsp3) is 0.588. The lowest BCUT2D eigenvalue weighted by Crippen LogP contribution is -2.33. The first-order valence-electron chi connectivity index (χ1n) is 8.06. The highest BCUT2D eigenvalue weighted by molar-refractivity contribution is 5.67. The van der Waals surface area contributed by atoms with E-state index in [9.17, 15) is 19.3 Å². The van der Waals surface area contributed by atoms with Gasteiger partial charge in [0.25, 0.3) is 5.69 Å². The number of carbonyl (C=O) groups excluding carboxylic acids is 1. The van der Waals surface area contributed by atoms with Crippen molar-refractivity contribution in [3.63, 3.8) is 0 Å². The van der Waals surface area contributed by atoms with Crippen molar-refractivity contribution < 1.29 is 23.6 Å². The molecule has 0 spiro atoms. The van der Waals surface area contributed by atoms with Gasteiger partial charge in [-0.1, -0.05) is 6.92 Å². The van der Waals surface area contributed by atoms with Crippen LogP contribution in [-0.4, -0.2) is 29.8 Å². The van der Waals surface area contributed by atoms with E-state index in [1.54, 1.807) is 20.8 Å². The average molecular weight is 356 g/mol. The summed E-state index contributed by atoms with van der Waals surface area (Å²) < 4.78 is 24.2. The lowest BCUT2D eigenvalue weighted by Gasteiger charge is -2.20. The molecule has 1 aromatic carbocycles. The molecule has 1 atom stereocenters. The zero-order chi connectivity index (χ0) is 19.0. The van der Waals surface area contributed by atoms with Crippen molar-refractivity contribution in [2.24, 2.45) is 5.92 Å². The minimum absolute atomic E-state index is 0.0443. The Morgan fingerprint density at radius 1 is 1.40 bits per heavy atom. The van der Waals surface area contributed by atoms with Crippen molar-refractivity contribution >= 4 is 11.8 Å². The number of benzene rings is 1. The summed E-state index contributed by atoms with van der Waals surface area (Å²) in [7, 11) is 0. The molecule has 8 heteroatoms. The summed E-state index contributed by atoms with van der Waals surface area (Å²) in [5.74, 6) is -0.415. The first-order valence-corrected chi connectivity index (χ1v) is 8.06. The lowest BCUT2D eigenvalue weighted by atomic mass is 10.1. The summed E-state index contributed by atoms with van der Waals surface area (Å²) in [6, 6.07) is 3.35. The molecule has 0 aromatic heterocycles. The maximum Gasteiger partial charge on any atom is 0.407 e. The number of halogens is 1. The Hall–Kier alpha value is -2.22. The Morgan fingerprint density at radius 3 is 2.68 bits per heavy atom.